The van der Waals surface area contributed by atoms with Gasteiger partial charge in [-0.15, -0.1) is 12.4 Å². The van der Waals surface area contributed by atoms with Crippen molar-refractivity contribution >= 4 is 12.4 Å². The van der Waals surface area contributed by atoms with Gasteiger partial charge in [0.25, 0.3) is 0 Å². The molecule has 0 spiro atoms. The first-order chi connectivity index (χ1) is 11.2. The van der Waals surface area contributed by atoms with Gasteiger partial charge in [-0.25, -0.2) is 0 Å². The van der Waals surface area contributed by atoms with Crippen molar-refractivity contribution < 1.29 is 9.47 Å². The van der Waals surface area contributed by atoms with E-state index in [2.05, 4.69) is 22.0 Å². The number of aromatic nitrogens is 2. The summed E-state index contributed by atoms with van der Waals surface area (Å²) in [6.07, 6.45) is 3.07. The molecule has 4 rings (SSSR count). The van der Waals surface area contributed by atoms with Crippen LogP contribution in [0, 0.1) is 5.41 Å². The molecular formula is C17H23ClN4O2. The number of rotatable bonds is 4. The summed E-state index contributed by atoms with van der Waals surface area (Å²) < 4.78 is 10.8. The summed E-state index contributed by atoms with van der Waals surface area (Å²) in [4.78, 5) is 2.45. The molecule has 0 saturated carbocycles. The van der Waals surface area contributed by atoms with Crippen LogP contribution in [0.1, 0.15) is 18.9 Å². The SMILES string of the molecule is CC1(CN)CCN(Cc2cn[nH]c2-c2ccc3c(c2)OCO3)C1.Cl. The first-order valence-corrected chi connectivity index (χ1v) is 8.02. The topological polar surface area (TPSA) is 76.4 Å². The van der Waals surface area contributed by atoms with E-state index in [1.807, 2.05) is 24.4 Å². The molecule has 2 aliphatic heterocycles. The van der Waals surface area contributed by atoms with Crippen LogP contribution in [0.2, 0.25) is 0 Å². The van der Waals surface area contributed by atoms with E-state index < -0.39 is 0 Å². The van der Waals surface area contributed by atoms with Crippen LogP contribution in [0.15, 0.2) is 24.4 Å². The van der Waals surface area contributed by atoms with Crippen molar-refractivity contribution in [2.75, 3.05) is 26.4 Å². The summed E-state index contributed by atoms with van der Waals surface area (Å²) in [6.45, 7) is 6.30. The number of hydrogen-bond donors (Lipinski definition) is 2. The molecule has 1 saturated heterocycles. The molecule has 130 valence electrons. The molecule has 0 amide bonds. The van der Waals surface area contributed by atoms with Crippen LogP contribution in [0.25, 0.3) is 11.3 Å². The van der Waals surface area contributed by atoms with Gasteiger partial charge in [0.15, 0.2) is 11.5 Å². The third-order valence-corrected chi connectivity index (χ3v) is 4.90. The van der Waals surface area contributed by atoms with Crippen molar-refractivity contribution in [1.29, 1.82) is 0 Å². The lowest BCUT2D eigenvalue weighted by atomic mass is 9.90. The molecule has 3 N–H and O–H groups in total. The van der Waals surface area contributed by atoms with Crippen LogP contribution in [-0.2, 0) is 6.54 Å². The van der Waals surface area contributed by atoms with Crippen molar-refractivity contribution in [2.24, 2.45) is 11.1 Å². The van der Waals surface area contributed by atoms with E-state index in [9.17, 15) is 0 Å². The molecular weight excluding hydrogens is 328 g/mol. The molecule has 0 radical (unpaired) electrons. The quantitative estimate of drug-likeness (QED) is 0.885. The van der Waals surface area contributed by atoms with E-state index in [1.165, 1.54) is 5.56 Å². The third-order valence-electron chi connectivity index (χ3n) is 4.90. The highest BCUT2D eigenvalue weighted by molar-refractivity contribution is 5.85. The zero-order valence-electron chi connectivity index (χ0n) is 13.7. The molecule has 1 atom stereocenters. The highest BCUT2D eigenvalue weighted by Gasteiger charge is 2.32. The van der Waals surface area contributed by atoms with E-state index in [-0.39, 0.29) is 17.8 Å². The van der Waals surface area contributed by atoms with Gasteiger partial charge in [0.2, 0.25) is 6.79 Å². The largest absolute Gasteiger partial charge is 0.454 e. The second-order valence-electron chi connectivity index (χ2n) is 6.81. The summed E-state index contributed by atoms with van der Waals surface area (Å²) in [5.41, 5.74) is 9.46. The Kier molecular flexibility index (Phi) is 4.71. The van der Waals surface area contributed by atoms with Crippen molar-refractivity contribution in [3.05, 3.63) is 30.0 Å². The third kappa shape index (κ3) is 3.09. The lowest BCUT2D eigenvalue weighted by molar-refractivity contribution is 0.174. The number of aromatic amines is 1. The van der Waals surface area contributed by atoms with Gasteiger partial charge >= 0.3 is 0 Å². The van der Waals surface area contributed by atoms with Crippen molar-refractivity contribution in [3.63, 3.8) is 0 Å². The molecule has 0 bridgehead atoms. The summed E-state index contributed by atoms with van der Waals surface area (Å²) in [5, 5.41) is 7.37. The van der Waals surface area contributed by atoms with Gasteiger partial charge < -0.3 is 15.2 Å². The molecule has 1 unspecified atom stereocenters. The number of ether oxygens (including phenoxy) is 2. The van der Waals surface area contributed by atoms with Crippen LogP contribution in [0.3, 0.4) is 0 Å². The smallest absolute Gasteiger partial charge is 0.231 e. The average Bonchev–Trinajstić information content (AvgIpc) is 3.27. The zero-order chi connectivity index (χ0) is 15.9. The minimum Gasteiger partial charge on any atom is -0.454 e. The number of H-pyrrole nitrogens is 1. The molecule has 0 aliphatic carbocycles. The number of nitrogens with two attached hydrogens (primary N) is 1. The number of nitrogens with one attached hydrogen (secondary N) is 1. The maximum Gasteiger partial charge on any atom is 0.231 e. The second-order valence-corrected chi connectivity index (χ2v) is 6.81. The predicted octanol–water partition coefficient (Wildman–Crippen LogP) is 2.40. The Morgan fingerprint density at radius 1 is 1.33 bits per heavy atom. The summed E-state index contributed by atoms with van der Waals surface area (Å²) in [5.74, 6) is 1.59. The average molecular weight is 351 g/mol. The van der Waals surface area contributed by atoms with Crippen LogP contribution in [0.4, 0.5) is 0 Å². The monoisotopic (exact) mass is 350 g/mol. The predicted molar refractivity (Wildman–Crippen MR) is 94.5 cm³/mol. The molecule has 1 aromatic carbocycles. The maximum atomic E-state index is 5.91. The maximum absolute atomic E-state index is 5.91. The van der Waals surface area contributed by atoms with Gasteiger partial charge in [-0.05, 0) is 43.1 Å². The van der Waals surface area contributed by atoms with Crippen molar-refractivity contribution in [2.45, 2.75) is 19.9 Å². The minimum atomic E-state index is 0. The van der Waals surface area contributed by atoms with E-state index >= 15 is 0 Å². The highest BCUT2D eigenvalue weighted by Crippen LogP contribution is 2.37. The molecule has 24 heavy (non-hydrogen) atoms. The Morgan fingerprint density at radius 3 is 2.96 bits per heavy atom. The van der Waals surface area contributed by atoms with Crippen molar-refractivity contribution in [1.82, 2.24) is 15.1 Å². The Bertz CT molecular complexity index is 720. The fraction of sp³-hybridized carbons (Fsp3) is 0.471. The van der Waals surface area contributed by atoms with Crippen LogP contribution in [0.5, 0.6) is 11.5 Å². The molecule has 3 heterocycles. The summed E-state index contributed by atoms with van der Waals surface area (Å²) in [7, 11) is 0. The van der Waals surface area contributed by atoms with E-state index in [4.69, 9.17) is 15.2 Å². The van der Waals surface area contributed by atoms with Gasteiger partial charge in [-0.2, -0.15) is 5.10 Å². The summed E-state index contributed by atoms with van der Waals surface area (Å²) >= 11 is 0. The number of benzene rings is 1. The minimum absolute atomic E-state index is 0. The lowest BCUT2D eigenvalue weighted by Gasteiger charge is -2.22. The molecule has 1 fully saturated rings. The zero-order valence-corrected chi connectivity index (χ0v) is 14.6. The Labute approximate surface area is 147 Å². The molecule has 2 aromatic rings. The molecule has 6 nitrogen and oxygen atoms in total. The summed E-state index contributed by atoms with van der Waals surface area (Å²) in [6, 6.07) is 6.00. The standard InChI is InChI=1S/C17H22N4O2.ClH/c1-17(9-18)4-5-21(10-17)8-13-7-19-20-16(13)12-2-3-14-15(6-12)23-11-22-14;/h2-3,6-7H,4-5,8-11,18H2,1H3,(H,19,20);1H. The first-order valence-electron chi connectivity index (χ1n) is 8.02. The Hall–Kier alpha value is -1.76. The Balaban J connectivity index is 0.00000169. The number of halogens is 1. The van der Waals surface area contributed by atoms with Gasteiger partial charge in [0.1, 0.15) is 0 Å². The van der Waals surface area contributed by atoms with E-state index in [0.29, 0.717) is 6.79 Å². The van der Waals surface area contributed by atoms with E-state index in [1.54, 1.807) is 0 Å². The fourth-order valence-corrected chi connectivity index (χ4v) is 3.40. The number of fused-ring (bicyclic) bond motifs is 1. The molecule has 7 heteroatoms. The molecule has 1 aromatic heterocycles. The Morgan fingerprint density at radius 2 is 2.17 bits per heavy atom. The van der Waals surface area contributed by atoms with Gasteiger partial charge in [-0.3, -0.25) is 10.00 Å². The van der Waals surface area contributed by atoms with Crippen LogP contribution < -0.4 is 15.2 Å². The first kappa shape index (κ1) is 17.1. The van der Waals surface area contributed by atoms with Gasteiger partial charge in [-0.1, -0.05) is 6.92 Å². The van der Waals surface area contributed by atoms with Gasteiger partial charge in [0.05, 0.1) is 11.9 Å². The van der Waals surface area contributed by atoms with Gasteiger partial charge in [0, 0.05) is 24.2 Å². The normalized spacial score (nSPS) is 22.6. The second kappa shape index (κ2) is 6.63. The fourth-order valence-electron chi connectivity index (χ4n) is 3.40. The number of likely N-dealkylation sites (tertiary alicyclic amines) is 1. The number of hydrogen-bond acceptors (Lipinski definition) is 5. The van der Waals surface area contributed by atoms with Crippen LogP contribution >= 0.6 is 12.4 Å². The lowest BCUT2D eigenvalue weighted by Crippen LogP contribution is -2.31. The van der Waals surface area contributed by atoms with E-state index in [0.717, 1.165) is 55.4 Å². The number of nitrogens with zero attached hydrogens (tertiary/aromatic N) is 2. The van der Waals surface area contributed by atoms with Crippen molar-refractivity contribution in [3.8, 4) is 22.8 Å². The highest BCUT2D eigenvalue weighted by atomic mass is 35.5. The van der Waals surface area contributed by atoms with Crippen LogP contribution in [-0.4, -0.2) is 41.5 Å². The molecule has 2 aliphatic rings.